The molecule has 1 aliphatic rings. The minimum absolute atomic E-state index is 0.104. The van der Waals surface area contributed by atoms with E-state index in [1.807, 2.05) is 14.1 Å². The van der Waals surface area contributed by atoms with Gasteiger partial charge in [-0.25, -0.2) is 28.1 Å². The second-order valence-corrected chi connectivity index (χ2v) is 10.4. The minimum atomic E-state index is -1.00. The topological polar surface area (TPSA) is 117 Å². The lowest BCUT2D eigenvalue weighted by Crippen LogP contribution is -2.43. The van der Waals surface area contributed by atoms with E-state index >= 15 is 0 Å². The fraction of sp³-hybridized carbons (Fsp3) is 0.333. The smallest absolute Gasteiger partial charge is 0.227 e. The molecular weight excluding hydrogens is 563 g/mol. The van der Waals surface area contributed by atoms with E-state index in [9.17, 15) is 18.0 Å². The highest BCUT2D eigenvalue weighted by atomic mass is 19.2. The number of ether oxygens (including phenoxy) is 2. The van der Waals surface area contributed by atoms with Crippen LogP contribution in [-0.4, -0.2) is 77.4 Å². The quantitative estimate of drug-likeness (QED) is 0.220. The molecule has 10 nitrogen and oxygen atoms in total. The monoisotopic (exact) mass is 595 g/mol. The van der Waals surface area contributed by atoms with Crippen LogP contribution >= 0.6 is 0 Å². The third-order valence-corrected chi connectivity index (χ3v) is 6.74. The van der Waals surface area contributed by atoms with E-state index < -0.39 is 23.8 Å². The Hall–Kier alpha value is -4.33. The number of imidazole rings is 1. The van der Waals surface area contributed by atoms with Gasteiger partial charge in [0.15, 0.2) is 17.9 Å². The third kappa shape index (κ3) is 7.95. The number of nitrogens with zero attached hydrogens (tertiary/aromatic N) is 4. The van der Waals surface area contributed by atoms with E-state index in [1.165, 1.54) is 24.4 Å². The molecule has 43 heavy (non-hydrogen) atoms. The summed E-state index contributed by atoms with van der Waals surface area (Å²) in [6.07, 6.45) is 1.99. The van der Waals surface area contributed by atoms with E-state index in [1.54, 1.807) is 18.2 Å². The Balaban J connectivity index is 1.30. The van der Waals surface area contributed by atoms with Gasteiger partial charge in [-0.2, -0.15) is 0 Å². The molecule has 4 aromatic rings. The molecule has 0 unspecified atom stereocenters. The van der Waals surface area contributed by atoms with Gasteiger partial charge in [-0.3, -0.25) is 4.79 Å². The Morgan fingerprint density at radius 1 is 1.02 bits per heavy atom. The van der Waals surface area contributed by atoms with Gasteiger partial charge < -0.3 is 30.0 Å². The number of rotatable bonds is 11. The predicted molar refractivity (Wildman–Crippen MR) is 154 cm³/mol. The number of carbonyl (C=O) groups excluding carboxylic acids is 1. The first-order chi connectivity index (χ1) is 20.7. The van der Waals surface area contributed by atoms with Crippen molar-refractivity contribution in [1.82, 2.24) is 30.2 Å². The number of halogens is 3. The lowest BCUT2D eigenvalue weighted by Gasteiger charge is -2.28. The SMILES string of the molecule is CN(C)CCCNC(=O)C1COC(Cc2nc(-c3ccc(F)cc3)c(-c3ccnc(Nc4ccc(F)c(F)c4)n3)[nH]2)OC1. The van der Waals surface area contributed by atoms with E-state index in [0.29, 0.717) is 35.0 Å². The van der Waals surface area contributed by atoms with E-state index in [4.69, 9.17) is 14.5 Å². The molecule has 2 aromatic heterocycles. The first kappa shape index (κ1) is 30.1. The average molecular weight is 596 g/mol. The number of carbonyl (C=O) groups is 1. The fourth-order valence-corrected chi connectivity index (χ4v) is 4.50. The molecule has 1 aliphatic heterocycles. The van der Waals surface area contributed by atoms with Crippen LogP contribution in [0.3, 0.4) is 0 Å². The molecule has 3 heterocycles. The third-order valence-electron chi connectivity index (χ3n) is 6.74. The number of benzene rings is 2. The number of H-pyrrole nitrogens is 1. The van der Waals surface area contributed by atoms with Crippen LogP contribution in [0.5, 0.6) is 0 Å². The Labute approximate surface area is 246 Å². The summed E-state index contributed by atoms with van der Waals surface area (Å²) in [6.45, 7) is 1.90. The number of anilines is 2. The summed E-state index contributed by atoms with van der Waals surface area (Å²) >= 11 is 0. The highest BCUT2D eigenvalue weighted by Gasteiger charge is 2.29. The zero-order chi connectivity index (χ0) is 30.3. The summed E-state index contributed by atoms with van der Waals surface area (Å²) in [5, 5.41) is 5.79. The number of nitrogens with one attached hydrogen (secondary N) is 3. The zero-order valence-electron chi connectivity index (χ0n) is 23.7. The maximum Gasteiger partial charge on any atom is 0.227 e. The van der Waals surface area contributed by atoms with Crippen molar-refractivity contribution in [2.24, 2.45) is 5.92 Å². The van der Waals surface area contributed by atoms with Gasteiger partial charge in [0.1, 0.15) is 11.6 Å². The van der Waals surface area contributed by atoms with Crippen LogP contribution < -0.4 is 10.6 Å². The average Bonchev–Trinajstić information content (AvgIpc) is 3.41. The fourth-order valence-electron chi connectivity index (χ4n) is 4.50. The molecule has 0 bridgehead atoms. The van der Waals surface area contributed by atoms with Gasteiger partial charge in [0.25, 0.3) is 0 Å². The normalized spacial score (nSPS) is 16.8. The summed E-state index contributed by atoms with van der Waals surface area (Å²) in [5.41, 5.74) is 2.41. The van der Waals surface area contributed by atoms with Crippen LogP contribution in [0.4, 0.5) is 24.8 Å². The first-order valence-corrected chi connectivity index (χ1v) is 13.8. The first-order valence-electron chi connectivity index (χ1n) is 13.8. The second kappa shape index (κ2) is 13.8. The lowest BCUT2D eigenvalue weighted by atomic mass is 10.1. The molecule has 0 spiro atoms. The highest BCUT2D eigenvalue weighted by molar-refractivity contribution is 5.79. The molecule has 3 N–H and O–H groups in total. The van der Waals surface area contributed by atoms with Crippen LogP contribution in [-0.2, 0) is 20.7 Å². The van der Waals surface area contributed by atoms with Gasteiger partial charge in [-0.1, -0.05) is 0 Å². The van der Waals surface area contributed by atoms with E-state index in [2.05, 4.69) is 30.5 Å². The Kier molecular flexibility index (Phi) is 9.65. The molecule has 1 saturated heterocycles. The molecule has 13 heteroatoms. The predicted octanol–water partition coefficient (Wildman–Crippen LogP) is 4.29. The minimum Gasteiger partial charge on any atom is -0.356 e. The second-order valence-electron chi connectivity index (χ2n) is 10.4. The van der Waals surface area contributed by atoms with Crippen molar-refractivity contribution in [2.45, 2.75) is 19.1 Å². The molecule has 226 valence electrons. The molecule has 5 rings (SSSR count). The van der Waals surface area contributed by atoms with Crippen molar-refractivity contribution < 1.29 is 27.4 Å². The van der Waals surface area contributed by atoms with Crippen LogP contribution in [0.15, 0.2) is 54.7 Å². The Bertz CT molecular complexity index is 1540. The van der Waals surface area contributed by atoms with Crippen molar-refractivity contribution in [3.63, 3.8) is 0 Å². The summed E-state index contributed by atoms with van der Waals surface area (Å²) in [7, 11) is 3.97. The molecule has 2 aromatic carbocycles. The van der Waals surface area contributed by atoms with Gasteiger partial charge in [0.05, 0.1) is 42.6 Å². The largest absolute Gasteiger partial charge is 0.356 e. The van der Waals surface area contributed by atoms with Crippen molar-refractivity contribution in [1.29, 1.82) is 0 Å². The standard InChI is InChI=1S/C30H32F3N7O3/c1-40(2)13-3-11-34-29(41)19-16-42-26(43-17-19)15-25-38-27(18-4-6-20(31)7-5-18)28(39-25)24-10-12-35-30(37-24)36-21-8-9-22(32)23(33)14-21/h4-10,12,14,19,26H,3,11,13,15-17H2,1-2H3,(H,34,41)(H,38,39)(H,35,36,37). The van der Waals surface area contributed by atoms with Gasteiger partial charge in [0, 0.05) is 30.1 Å². The summed E-state index contributed by atoms with van der Waals surface area (Å²) < 4.78 is 52.4. The van der Waals surface area contributed by atoms with Gasteiger partial charge in [-0.15, -0.1) is 0 Å². The van der Waals surface area contributed by atoms with Gasteiger partial charge >= 0.3 is 0 Å². The van der Waals surface area contributed by atoms with Gasteiger partial charge in [-0.05, 0) is 69.5 Å². The number of hydrogen-bond donors (Lipinski definition) is 3. The zero-order valence-corrected chi connectivity index (χ0v) is 23.7. The number of amides is 1. The van der Waals surface area contributed by atoms with Crippen LogP contribution in [0, 0.1) is 23.4 Å². The maximum atomic E-state index is 13.7. The molecule has 0 atom stereocenters. The molecule has 0 radical (unpaired) electrons. The highest BCUT2D eigenvalue weighted by Crippen LogP contribution is 2.31. The Morgan fingerprint density at radius 3 is 2.51 bits per heavy atom. The summed E-state index contributed by atoms with van der Waals surface area (Å²) in [4.78, 5) is 31.3. The van der Waals surface area contributed by atoms with Crippen molar-refractivity contribution in [3.05, 3.63) is 78.0 Å². The molecule has 1 fully saturated rings. The molecular formula is C30H32F3N7O3. The van der Waals surface area contributed by atoms with Crippen LogP contribution in [0.1, 0.15) is 12.2 Å². The van der Waals surface area contributed by atoms with E-state index in [0.717, 1.165) is 25.1 Å². The number of hydrogen-bond acceptors (Lipinski definition) is 8. The number of aromatic nitrogens is 4. The maximum absolute atomic E-state index is 13.7. The van der Waals surface area contributed by atoms with Crippen LogP contribution in [0.2, 0.25) is 0 Å². The van der Waals surface area contributed by atoms with E-state index in [-0.39, 0.29) is 43.0 Å². The van der Waals surface area contributed by atoms with Crippen molar-refractivity contribution in [3.8, 4) is 22.6 Å². The van der Waals surface area contributed by atoms with Crippen LogP contribution in [0.25, 0.3) is 22.6 Å². The number of aromatic amines is 1. The molecule has 0 aliphatic carbocycles. The van der Waals surface area contributed by atoms with Crippen molar-refractivity contribution >= 4 is 17.5 Å². The molecule has 1 amide bonds. The van der Waals surface area contributed by atoms with Crippen molar-refractivity contribution in [2.75, 3.05) is 45.7 Å². The Morgan fingerprint density at radius 2 is 1.79 bits per heavy atom. The molecule has 0 saturated carbocycles. The summed E-state index contributed by atoms with van der Waals surface area (Å²) in [5.74, 6) is -2.19. The lowest BCUT2D eigenvalue weighted by molar-refractivity contribution is -0.200. The van der Waals surface area contributed by atoms with Gasteiger partial charge in [0.2, 0.25) is 11.9 Å². The summed E-state index contributed by atoms with van der Waals surface area (Å²) in [6, 6.07) is 10.9.